The van der Waals surface area contributed by atoms with Gasteiger partial charge in [0.2, 0.25) is 5.91 Å². The molecule has 1 aromatic carbocycles. The van der Waals surface area contributed by atoms with Crippen LogP contribution in [0.4, 0.5) is 16.3 Å². The maximum atomic E-state index is 12.5. The number of hydrogen-bond donors (Lipinski definition) is 0. The van der Waals surface area contributed by atoms with E-state index in [1.807, 2.05) is 37.3 Å². The van der Waals surface area contributed by atoms with E-state index >= 15 is 0 Å². The summed E-state index contributed by atoms with van der Waals surface area (Å²) in [5.74, 6) is 0.265. The number of pyridine rings is 1. The topological polar surface area (TPSA) is 71.9 Å². The summed E-state index contributed by atoms with van der Waals surface area (Å²) in [6, 6.07) is 12.2. The highest BCUT2D eigenvalue weighted by Crippen LogP contribution is 2.39. The largest absolute Gasteiger partial charge is 0.444 e. The van der Waals surface area contributed by atoms with E-state index in [0.717, 1.165) is 5.56 Å². The van der Waals surface area contributed by atoms with Gasteiger partial charge in [0.25, 0.3) is 5.56 Å². The third-order valence-electron chi connectivity index (χ3n) is 4.53. The van der Waals surface area contributed by atoms with Crippen molar-refractivity contribution in [3.05, 3.63) is 58.4 Å². The van der Waals surface area contributed by atoms with Crippen molar-refractivity contribution in [2.24, 2.45) is 0 Å². The van der Waals surface area contributed by atoms with E-state index in [0.29, 0.717) is 18.1 Å². The zero-order chi connectivity index (χ0) is 17.6. The molecule has 0 N–H and O–H groups in total. The van der Waals surface area contributed by atoms with Gasteiger partial charge in [0.1, 0.15) is 19.0 Å². The Kier molecular flexibility index (Phi) is 3.56. The highest BCUT2D eigenvalue weighted by molar-refractivity contribution is 6.09. The molecule has 0 spiro atoms. The molecule has 0 saturated carbocycles. The summed E-state index contributed by atoms with van der Waals surface area (Å²) < 4.78 is 6.91. The van der Waals surface area contributed by atoms with E-state index in [1.54, 1.807) is 15.5 Å². The second-order valence-electron chi connectivity index (χ2n) is 6.23. The fourth-order valence-corrected chi connectivity index (χ4v) is 3.36. The van der Waals surface area contributed by atoms with Crippen LogP contribution in [-0.4, -0.2) is 29.7 Å². The average molecular weight is 339 g/mol. The van der Waals surface area contributed by atoms with Crippen molar-refractivity contribution in [3.8, 4) is 0 Å². The van der Waals surface area contributed by atoms with Gasteiger partial charge in [-0.05, 0) is 18.6 Å². The predicted molar refractivity (Wildman–Crippen MR) is 91.7 cm³/mol. The molecule has 3 heterocycles. The first-order valence-electron chi connectivity index (χ1n) is 8.10. The molecular weight excluding hydrogens is 322 g/mol. The second kappa shape index (κ2) is 5.77. The summed E-state index contributed by atoms with van der Waals surface area (Å²) in [4.78, 5) is 40.0. The Balaban J connectivity index is 1.64. The van der Waals surface area contributed by atoms with Gasteiger partial charge in [-0.1, -0.05) is 30.3 Å². The van der Waals surface area contributed by atoms with E-state index in [1.165, 1.54) is 11.0 Å². The molecule has 0 bridgehead atoms. The fraction of sp³-hybridized carbons (Fsp3) is 0.278. The van der Waals surface area contributed by atoms with Gasteiger partial charge in [0.05, 0.1) is 11.7 Å². The molecule has 2 aromatic rings. The van der Waals surface area contributed by atoms with E-state index in [-0.39, 0.29) is 30.7 Å². The van der Waals surface area contributed by atoms with E-state index < -0.39 is 6.09 Å². The minimum Gasteiger partial charge on any atom is -0.444 e. The first kappa shape index (κ1) is 15.4. The fourth-order valence-electron chi connectivity index (χ4n) is 3.36. The molecule has 1 unspecified atom stereocenters. The van der Waals surface area contributed by atoms with Gasteiger partial charge >= 0.3 is 6.09 Å². The maximum Gasteiger partial charge on any atom is 0.415 e. The molecule has 0 radical (unpaired) electrons. The highest BCUT2D eigenvalue weighted by Gasteiger charge is 2.40. The van der Waals surface area contributed by atoms with Gasteiger partial charge in [0, 0.05) is 12.6 Å². The van der Waals surface area contributed by atoms with E-state index in [9.17, 15) is 14.4 Å². The lowest BCUT2D eigenvalue weighted by Crippen LogP contribution is -2.47. The molecule has 1 atom stereocenters. The second-order valence-corrected chi connectivity index (χ2v) is 6.23. The number of amides is 2. The van der Waals surface area contributed by atoms with Crippen LogP contribution in [0.2, 0.25) is 0 Å². The number of anilines is 2. The number of nitrogens with zero attached hydrogens (tertiary/aromatic N) is 3. The Morgan fingerprint density at radius 2 is 1.92 bits per heavy atom. The normalized spacial score (nSPS) is 18.3. The third kappa shape index (κ3) is 2.48. The van der Waals surface area contributed by atoms with Crippen LogP contribution in [0.5, 0.6) is 0 Å². The van der Waals surface area contributed by atoms with Crippen molar-refractivity contribution in [3.63, 3.8) is 0 Å². The first-order valence-corrected chi connectivity index (χ1v) is 8.10. The summed E-state index contributed by atoms with van der Waals surface area (Å²) >= 11 is 0. The van der Waals surface area contributed by atoms with Crippen LogP contribution in [0.3, 0.4) is 0 Å². The molecule has 7 nitrogen and oxygen atoms in total. The molecule has 2 aliphatic rings. The minimum atomic E-state index is -0.599. The lowest BCUT2D eigenvalue weighted by molar-refractivity contribution is -0.117. The third-order valence-corrected chi connectivity index (χ3v) is 4.53. The van der Waals surface area contributed by atoms with Crippen LogP contribution >= 0.6 is 0 Å². The SMILES string of the molecule is CC1CN2C(=O)CN(C(=O)OCc3ccccc3)c3ccc(=O)n1c32. The van der Waals surface area contributed by atoms with Crippen molar-refractivity contribution in [2.75, 3.05) is 22.9 Å². The molecule has 0 saturated heterocycles. The summed E-state index contributed by atoms with van der Waals surface area (Å²) in [5.41, 5.74) is 1.21. The number of carbonyl (C=O) groups excluding carboxylic acids is 2. The van der Waals surface area contributed by atoms with Crippen molar-refractivity contribution in [2.45, 2.75) is 19.6 Å². The van der Waals surface area contributed by atoms with Crippen LogP contribution in [0.1, 0.15) is 18.5 Å². The zero-order valence-corrected chi connectivity index (χ0v) is 13.7. The van der Waals surface area contributed by atoms with Crippen molar-refractivity contribution < 1.29 is 14.3 Å². The van der Waals surface area contributed by atoms with Crippen LogP contribution in [0, 0.1) is 0 Å². The first-order chi connectivity index (χ1) is 12.1. The van der Waals surface area contributed by atoms with Gasteiger partial charge in [-0.15, -0.1) is 0 Å². The van der Waals surface area contributed by atoms with Crippen LogP contribution in [0.15, 0.2) is 47.3 Å². The lowest BCUT2D eigenvalue weighted by Gasteiger charge is -2.32. The number of rotatable bonds is 2. The number of ether oxygens (including phenoxy) is 1. The Morgan fingerprint density at radius 3 is 2.68 bits per heavy atom. The predicted octanol–water partition coefficient (Wildman–Crippen LogP) is 1.91. The molecule has 4 rings (SSSR count). The molecule has 2 aliphatic heterocycles. The smallest absolute Gasteiger partial charge is 0.415 e. The van der Waals surface area contributed by atoms with Crippen LogP contribution in [-0.2, 0) is 16.1 Å². The molecule has 2 amide bonds. The standard InChI is InChI=1S/C18H17N3O4/c1-12-9-20-16(23)10-19(14-7-8-15(22)21(12)17(14)20)18(24)25-11-13-5-3-2-4-6-13/h2-8,12H,9-11H2,1H3. The molecule has 25 heavy (non-hydrogen) atoms. The lowest BCUT2D eigenvalue weighted by atomic mass is 10.2. The quantitative estimate of drug-likeness (QED) is 0.838. The average Bonchev–Trinajstić information content (AvgIpc) is 2.98. The Bertz CT molecular complexity index is 906. The van der Waals surface area contributed by atoms with E-state index in [4.69, 9.17) is 4.74 Å². The van der Waals surface area contributed by atoms with Crippen molar-refractivity contribution in [1.29, 1.82) is 0 Å². The number of carbonyl (C=O) groups is 2. The molecule has 0 aliphatic carbocycles. The molecular formula is C18H17N3O4. The van der Waals surface area contributed by atoms with Gasteiger partial charge in [-0.3, -0.25) is 24.0 Å². The Morgan fingerprint density at radius 1 is 1.16 bits per heavy atom. The van der Waals surface area contributed by atoms with Crippen molar-refractivity contribution in [1.82, 2.24) is 4.57 Å². The van der Waals surface area contributed by atoms with E-state index in [2.05, 4.69) is 0 Å². The van der Waals surface area contributed by atoms with Gasteiger partial charge in [-0.25, -0.2) is 4.79 Å². The number of aromatic nitrogens is 1. The maximum absolute atomic E-state index is 12.5. The highest BCUT2D eigenvalue weighted by atomic mass is 16.6. The van der Waals surface area contributed by atoms with Crippen LogP contribution < -0.4 is 15.4 Å². The molecule has 0 fully saturated rings. The number of benzene rings is 1. The molecule has 7 heteroatoms. The van der Waals surface area contributed by atoms with Crippen LogP contribution in [0.25, 0.3) is 0 Å². The minimum absolute atomic E-state index is 0.0917. The molecule has 128 valence electrons. The Labute approximate surface area is 144 Å². The summed E-state index contributed by atoms with van der Waals surface area (Å²) in [6.45, 7) is 2.36. The van der Waals surface area contributed by atoms with Gasteiger partial charge < -0.3 is 4.74 Å². The monoisotopic (exact) mass is 339 g/mol. The summed E-state index contributed by atoms with van der Waals surface area (Å²) in [7, 11) is 0. The number of hydrogen-bond acceptors (Lipinski definition) is 4. The molecule has 1 aromatic heterocycles. The van der Waals surface area contributed by atoms with Gasteiger partial charge in [0.15, 0.2) is 0 Å². The van der Waals surface area contributed by atoms with Gasteiger partial charge in [-0.2, -0.15) is 0 Å². The van der Waals surface area contributed by atoms with Crippen molar-refractivity contribution >= 4 is 23.5 Å². The zero-order valence-electron chi connectivity index (χ0n) is 13.7. The Hall–Kier alpha value is -3.09. The summed E-state index contributed by atoms with van der Waals surface area (Å²) in [5, 5.41) is 0. The summed E-state index contributed by atoms with van der Waals surface area (Å²) in [6.07, 6.45) is -0.599.